The summed E-state index contributed by atoms with van der Waals surface area (Å²) in [5.74, 6) is 1.40. The van der Waals surface area contributed by atoms with Crippen LogP contribution < -0.4 is 9.04 Å². The highest BCUT2D eigenvalue weighted by Gasteiger charge is 2.29. The average Bonchev–Trinajstić information content (AvgIpc) is 2.60. The minimum Gasteiger partial charge on any atom is -0.494 e. The van der Waals surface area contributed by atoms with Gasteiger partial charge in [-0.2, -0.15) is 0 Å². The van der Waals surface area contributed by atoms with Gasteiger partial charge in [0.15, 0.2) is 0 Å². The zero-order valence-corrected chi connectivity index (χ0v) is 14.3. The van der Waals surface area contributed by atoms with Crippen LogP contribution >= 0.6 is 11.8 Å². The molecule has 0 aliphatic carbocycles. The van der Waals surface area contributed by atoms with Crippen LogP contribution in [0.2, 0.25) is 0 Å². The molecule has 3 rings (SSSR count). The van der Waals surface area contributed by atoms with E-state index in [9.17, 15) is 8.42 Å². The molecule has 0 saturated heterocycles. The molecule has 0 N–H and O–H groups in total. The second-order valence-electron chi connectivity index (χ2n) is 5.07. The van der Waals surface area contributed by atoms with Crippen molar-refractivity contribution in [3.8, 4) is 5.75 Å². The van der Waals surface area contributed by atoms with Gasteiger partial charge in [0.05, 0.1) is 17.2 Å². The van der Waals surface area contributed by atoms with Crippen molar-refractivity contribution < 1.29 is 13.2 Å². The van der Waals surface area contributed by atoms with Gasteiger partial charge in [-0.05, 0) is 37.6 Å². The van der Waals surface area contributed by atoms with Crippen molar-refractivity contribution >= 4 is 27.5 Å². The van der Waals surface area contributed by atoms with Gasteiger partial charge in [-0.1, -0.05) is 18.2 Å². The highest BCUT2D eigenvalue weighted by molar-refractivity contribution is 8.00. The van der Waals surface area contributed by atoms with Gasteiger partial charge in [-0.15, -0.1) is 11.8 Å². The quantitative estimate of drug-likeness (QED) is 0.828. The van der Waals surface area contributed by atoms with E-state index in [1.807, 2.05) is 18.2 Å². The lowest BCUT2D eigenvalue weighted by Gasteiger charge is -2.30. The summed E-state index contributed by atoms with van der Waals surface area (Å²) in [7, 11) is -3.56. The molecule has 1 radical (unpaired) electrons. The third-order valence-corrected chi connectivity index (χ3v) is 6.37. The van der Waals surface area contributed by atoms with Crippen molar-refractivity contribution in [3.63, 3.8) is 0 Å². The molecule has 0 saturated carbocycles. The summed E-state index contributed by atoms with van der Waals surface area (Å²) in [6.07, 6.45) is 0.665. The SMILES string of the molecule is [CH2]CCOc1ccc2c(c1)N(S(=O)(=O)c1ccccc1)CCS2. The van der Waals surface area contributed by atoms with Crippen molar-refractivity contribution in [2.75, 3.05) is 23.2 Å². The van der Waals surface area contributed by atoms with E-state index in [0.717, 1.165) is 10.6 Å². The van der Waals surface area contributed by atoms with Gasteiger partial charge in [0.1, 0.15) is 5.75 Å². The third kappa shape index (κ3) is 3.33. The maximum atomic E-state index is 12.9. The van der Waals surface area contributed by atoms with E-state index >= 15 is 0 Å². The number of nitrogens with zero attached hydrogens (tertiary/aromatic N) is 1. The minimum atomic E-state index is -3.56. The molecule has 0 unspecified atom stereocenters. The fourth-order valence-corrected chi connectivity index (χ4v) is 5.07. The highest BCUT2D eigenvalue weighted by atomic mass is 32.2. The number of fused-ring (bicyclic) bond motifs is 1. The lowest BCUT2D eigenvalue weighted by atomic mass is 10.3. The van der Waals surface area contributed by atoms with E-state index in [2.05, 4.69) is 6.92 Å². The minimum absolute atomic E-state index is 0.307. The molecule has 1 aliphatic heterocycles. The van der Waals surface area contributed by atoms with Gasteiger partial charge < -0.3 is 4.74 Å². The van der Waals surface area contributed by atoms with E-state index in [4.69, 9.17) is 4.74 Å². The van der Waals surface area contributed by atoms with Crippen LogP contribution in [0.25, 0.3) is 0 Å². The van der Waals surface area contributed by atoms with Crippen molar-refractivity contribution in [3.05, 3.63) is 55.5 Å². The van der Waals surface area contributed by atoms with Gasteiger partial charge in [-0.3, -0.25) is 4.31 Å². The second-order valence-corrected chi connectivity index (χ2v) is 8.07. The van der Waals surface area contributed by atoms with Crippen LogP contribution in [-0.4, -0.2) is 27.3 Å². The average molecular weight is 348 g/mol. The summed E-state index contributed by atoms with van der Waals surface area (Å²) in [5.41, 5.74) is 0.687. The first-order valence-corrected chi connectivity index (χ1v) is 9.82. The fourth-order valence-electron chi connectivity index (χ4n) is 2.42. The Kier molecular flexibility index (Phi) is 4.82. The summed E-state index contributed by atoms with van der Waals surface area (Å²) in [6.45, 7) is 4.71. The number of ether oxygens (including phenoxy) is 1. The van der Waals surface area contributed by atoms with E-state index in [0.29, 0.717) is 35.9 Å². The molecule has 0 bridgehead atoms. The van der Waals surface area contributed by atoms with Crippen molar-refractivity contribution in [1.29, 1.82) is 0 Å². The van der Waals surface area contributed by atoms with Crippen LogP contribution in [0.5, 0.6) is 5.75 Å². The lowest BCUT2D eigenvalue weighted by molar-refractivity contribution is 0.324. The summed E-state index contributed by atoms with van der Waals surface area (Å²) in [4.78, 5) is 1.26. The Morgan fingerprint density at radius 1 is 1.17 bits per heavy atom. The Balaban J connectivity index is 2.00. The molecule has 2 aromatic rings. The van der Waals surface area contributed by atoms with Crippen molar-refractivity contribution in [1.82, 2.24) is 0 Å². The second kappa shape index (κ2) is 6.84. The molecule has 1 aliphatic rings. The topological polar surface area (TPSA) is 46.6 Å². The number of rotatable bonds is 5. The van der Waals surface area contributed by atoms with Crippen molar-refractivity contribution in [2.45, 2.75) is 16.2 Å². The Morgan fingerprint density at radius 3 is 2.70 bits per heavy atom. The molecule has 0 spiro atoms. The summed E-state index contributed by atoms with van der Waals surface area (Å²) in [6, 6.07) is 14.1. The molecule has 23 heavy (non-hydrogen) atoms. The number of benzene rings is 2. The highest BCUT2D eigenvalue weighted by Crippen LogP contribution is 2.39. The van der Waals surface area contributed by atoms with Gasteiger partial charge >= 0.3 is 0 Å². The van der Waals surface area contributed by atoms with E-state index in [1.165, 1.54) is 4.31 Å². The molecule has 0 fully saturated rings. The van der Waals surface area contributed by atoms with E-state index in [-0.39, 0.29) is 0 Å². The summed E-state index contributed by atoms with van der Waals surface area (Å²) >= 11 is 1.66. The van der Waals surface area contributed by atoms with Crippen molar-refractivity contribution in [2.24, 2.45) is 0 Å². The third-order valence-electron chi connectivity index (χ3n) is 3.50. The maximum absolute atomic E-state index is 12.9. The number of hydrogen-bond acceptors (Lipinski definition) is 4. The fraction of sp³-hybridized carbons (Fsp3) is 0.235. The number of hydrogen-bond donors (Lipinski definition) is 0. The molecule has 6 heteroatoms. The Morgan fingerprint density at radius 2 is 1.96 bits per heavy atom. The normalized spacial score (nSPS) is 14.4. The van der Waals surface area contributed by atoms with Gasteiger partial charge in [0.25, 0.3) is 10.0 Å². The molecular weight excluding hydrogens is 330 g/mol. The molecular formula is C17H18NO3S2. The summed E-state index contributed by atoms with van der Waals surface area (Å²) < 4.78 is 33.0. The van der Waals surface area contributed by atoms with Crippen LogP contribution in [0, 0.1) is 6.92 Å². The molecule has 1 heterocycles. The standard InChI is InChI=1S/C17H18NO3S2/c1-2-11-21-14-8-9-17-16(13-14)18(10-12-22-17)23(19,20)15-6-4-3-5-7-15/h3-9,13H,1-2,10-12H2. The van der Waals surface area contributed by atoms with Crippen LogP contribution in [0.4, 0.5) is 5.69 Å². The molecule has 0 atom stereocenters. The maximum Gasteiger partial charge on any atom is 0.264 e. The predicted octanol–water partition coefficient (Wildman–Crippen LogP) is 3.59. The summed E-state index contributed by atoms with van der Waals surface area (Å²) in [5, 5.41) is 0. The van der Waals surface area contributed by atoms with Crippen LogP contribution in [0.3, 0.4) is 0 Å². The lowest BCUT2D eigenvalue weighted by Crippen LogP contribution is -2.35. The van der Waals surface area contributed by atoms with Crippen LogP contribution in [-0.2, 0) is 10.0 Å². The zero-order chi connectivity index (χ0) is 16.3. The molecule has 0 aromatic heterocycles. The zero-order valence-electron chi connectivity index (χ0n) is 12.6. The largest absolute Gasteiger partial charge is 0.494 e. The predicted molar refractivity (Wildman–Crippen MR) is 93.6 cm³/mol. The first-order valence-electron chi connectivity index (χ1n) is 7.39. The van der Waals surface area contributed by atoms with Gasteiger partial charge in [0.2, 0.25) is 0 Å². The first-order chi connectivity index (χ1) is 11.1. The Bertz CT molecular complexity index is 776. The Hall–Kier alpha value is -1.66. The van der Waals surface area contributed by atoms with Crippen LogP contribution in [0.1, 0.15) is 6.42 Å². The molecule has 4 nitrogen and oxygen atoms in total. The molecule has 2 aromatic carbocycles. The van der Waals surface area contributed by atoms with E-state index < -0.39 is 10.0 Å². The number of sulfonamides is 1. The van der Waals surface area contributed by atoms with Gasteiger partial charge in [-0.25, -0.2) is 8.42 Å². The first kappa shape index (κ1) is 16.2. The smallest absolute Gasteiger partial charge is 0.264 e. The van der Waals surface area contributed by atoms with Crippen LogP contribution in [0.15, 0.2) is 58.3 Å². The van der Waals surface area contributed by atoms with Gasteiger partial charge in [0, 0.05) is 23.3 Å². The number of thioether (sulfide) groups is 1. The molecule has 121 valence electrons. The van der Waals surface area contributed by atoms with E-state index in [1.54, 1.807) is 42.1 Å². The number of anilines is 1. The monoisotopic (exact) mass is 348 g/mol. The Labute approximate surface area is 141 Å². The molecule has 0 amide bonds.